The summed E-state index contributed by atoms with van der Waals surface area (Å²) in [6, 6.07) is 16.9. The van der Waals surface area contributed by atoms with E-state index in [4.69, 9.17) is 16.0 Å². The van der Waals surface area contributed by atoms with Gasteiger partial charge < -0.3 is 9.73 Å². The van der Waals surface area contributed by atoms with Crippen LogP contribution in [0.15, 0.2) is 82.3 Å². The smallest absolute Gasteiger partial charge is 0.244 e. The van der Waals surface area contributed by atoms with Crippen LogP contribution < -0.4 is 10.0 Å². The summed E-state index contributed by atoms with van der Waals surface area (Å²) in [4.78, 5) is 12.1. The van der Waals surface area contributed by atoms with Gasteiger partial charge in [0.2, 0.25) is 15.9 Å². The van der Waals surface area contributed by atoms with E-state index in [2.05, 4.69) is 10.0 Å². The van der Waals surface area contributed by atoms with Gasteiger partial charge in [-0.25, -0.2) is 13.1 Å². The van der Waals surface area contributed by atoms with E-state index in [9.17, 15) is 13.2 Å². The van der Waals surface area contributed by atoms with Crippen LogP contribution in [0.25, 0.3) is 6.08 Å². The van der Waals surface area contributed by atoms with E-state index in [-0.39, 0.29) is 17.3 Å². The Labute approximate surface area is 174 Å². The monoisotopic (exact) mass is 430 g/mol. The van der Waals surface area contributed by atoms with Crippen LogP contribution in [0.1, 0.15) is 16.9 Å². The Hall–Kier alpha value is -2.87. The first-order valence-corrected chi connectivity index (χ1v) is 10.6. The number of amides is 1. The summed E-state index contributed by atoms with van der Waals surface area (Å²) < 4.78 is 32.2. The van der Waals surface area contributed by atoms with Crippen LogP contribution in [0.5, 0.6) is 0 Å². The highest BCUT2D eigenvalue weighted by molar-refractivity contribution is 7.89. The minimum absolute atomic E-state index is 0.0720. The zero-order valence-corrected chi connectivity index (χ0v) is 16.9. The van der Waals surface area contributed by atoms with E-state index in [0.717, 1.165) is 5.56 Å². The first-order valence-electron chi connectivity index (χ1n) is 8.75. The van der Waals surface area contributed by atoms with Crippen molar-refractivity contribution in [2.75, 3.05) is 0 Å². The molecule has 0 bridgehead atoms. The van der Waals surface area contributed by atoms with Gasteiger partial charge in [0.15, 0.2) is 0 Å². The fourth-order valence-electron chi connectivity index (χ4n) is 2.48. The predicted octanol–water partition coefficient (Wildman–Crippen LogP) is 3.74. The van der Waals surface area contributed by atoms with Crippen LogP contribution in [-0.4, -0.2) is 14.3 Å². The van der Waals surface area contributed by atoms with E-state index in [1.807, 2.05) is 18.2 Å². The summed E-state index contributed by atoms with van der Waals surface area (Å²) in [5, 5.41) is 3.34. The Morgan fingerprint density at radius 3 is 2.45 bits per heavy atom. The third-order valence-electron chi connectivity index (χ3n) is 4.04. The van der Waals surface area contributed by atoms with Gasteiger partial charge in [-0.1, -0.05) is 41.9 Å². The minimum Gasteiger partial charge on any atom is -0.468 e. The summed E-state index contributed by atoms with van der Waals surface area (Å²) in [7, 11) is -3.65. The summed E-state index contributed by atoms with van der Waals surface area (Å²) >= 11 is 6.05. The van der Waals surface area contributed by atoms with Gasteiger partial charge in [0.25, 0.3) is 0 Å². The molecule has 0 aliphatic heterocycles. The molecule has 0 saturated carbocycles. The van der Waals surface area contributed by atoms with Crippen LogP contribution in [0.4, 0.5) is 0 Å². The van der Waals surface area contributed by atoms with Crippen molar-refractivity contribution >= 4 is 33.6 Å². The first kappa shape index (κ1) is 20.9. The molecule has 0 radical (unpaired) electrons. The SMILES string of the molecule is O=C(C=Cc1ccc(S(=O)(=O)NCc2ccco2)cc1)NCc1ccccc1Cl. The normalized spacial score (nSPS) is 11.6. The second kappa shape index (κ2) is 9.56. The van der Waals surface area contributed by atoms with Crippen LogP contribution in [0.3, 0.4) is 0 Å². The largest absolute Gasteiger partial charge is 0.468 e. The number of furan rings is 1. The summed E-state index contributed by atoms with van der Waals surface area (Å²) in [5.74, 6) is 0.248. The van der Waals surface area contributed by atoms with E-state index in [1.165, 1.54) is 24.5 Å². The minimum atomic E-state index is -3.65. The van der Waals surface area contributed by atoms with Crippen LogP contribution in [0.2, 0.25) is 5.02 Å². The molecule has 29 heavy (non-hydrogen) atoms. The molecule has 8 heteroatoms. The molecule has 2 N–H and O–H groups in total. The molecule has 0 saturated heterocycles. The number of carbonyl (C=O) groups excluding carboxylic acids is 1. The highest BCUT2D eigenvalue weighted by atomic mass is 35.5. The van der Waals surface area contributed by atoms with Crippen molar-refractivity contribution in [3.8, 4) is 0 Å². The Morgan fingerprint density at radius 1 is 1.00 bits per heavy atom. The second-order valence-corrected chi connectivity index (χ2v) is 8.29. The van der Waals surface area contributed by atoms with Crippen LogP contribution in [0, 0.1) is 0 Å². The Balaban J connectivity index is 1.55. The molecule has 6 nitrogen and oxygen atoms in total. The zero-order chi connectivity index (χ0) is 20.7. The summed E-state index contributed by atoms with van der Waals surface area (Å²) in [5.41, 5.74) is 1.52. The first-order chi connectivity index (χ1) is 13.9. The van der Waals surface area contributed by atoms with Gasteiger partial charge in [-0.3, -0.25) is 4.79 Å². The van der Waals surface area contributed by atoms with Gasteiger partial charge in [0.1, 0.15) is 5.76 Å². The number of halogens is 1. The number of nitrogens with one attached hydrogen (secondary N) is 2. The van der Waals surface area contributed by atoms with Gasteiger partial charge in [0.05, 0.1) is 17.7 Å². The van der Waals surface area contributed by atoms with Crippen LogP contribution >= 0.6 is 11.6 Å². The number of rotatable bonds is 8. The van der Waals surface area contributed by atoms with Crippen molar-refractivity contribution in [1.82, 2.24) is 10.0 Å². The maximum absolute atomic E-state index is 12.3. The number of hydrogen-bond donors (Lipinski definition) is 2. The van der Waals surface area contributed by atoms with Crippen molar-refractivity contribution in [3.63, 3.8) is 0 Å². The molecule has 1 amide bonds. The second-order valence-electron chi connectivity index (χ2n) is 6.12. The molecule has 3 aromatic rings. The number of hydrogen-bond acceptors (Lipinski definition) is 4. The topological polar surface area (TPSA) is 88.4 Å². The van der Waals surface area contributed by atoms with Gasteiger partial charge in [-0.05, 0) is 47.5 Å². The molecule has 0 unspecified atom stereocenters. The van der Waals surface area contributed by atoms with Gasteiger partial charge in [-0.2, -0.15) is 0 Å². The Morgan fingerprint density at radius 2 is 1.76 bits per heavy atom. The maximum Gasteiger partial charge on any atom is 0.244 e. The van der Waals surface area contributed by atoms with Gasteiger partial charge in [-0.15, -0.1) is 0 Å². The molecule has 0 aliphatic rings. The molecule has 0 spiro atoms. The molecule has 0 atom stereocenters. The lowest BCUT2D eigenvalue weighted by molar-refractivity contribution is -0.116. The highest BCUT2D eigenvalue weighted by Crippen LogP contribution is 2.15. The number of sulfonamides is 1. The molecular weight excluding hydrogens is 412 g/mol. The van der Waals surface area contributed by atoms with Crippen molar-refractivity contribution < 1.29 is 17.6 Å². The third-order valence-corrected chi connectivity index (χ3v) is 5.83. The van der Waals surface area contributed by atoms with E-state index in [1.54, 1.807) is 36.4 Å². The molecule has 150 valence electrons. The molecule has 1 heterocycles. The summed E-state index contributed by atoms with van der Waals surface area (Å²) in [6.07, 6.45) is 4.47. The molecule has 0 fully saturated rings. The van der Waals surface area contributed by atoms with Crippen molar-refractivity contribution in [2.24, 2.45) is 0 Å². The Kier molecular flexibility index (Phi) is 6.87. The van der Waals surface area contributed by atoms with Crippen molar-refractivity contribution in [1.29, 1.82) is 0 Å². The molecular formula is C21H19ClN2O4S. The van der Waals surface area contributed by atoms with E-state index in [0.29, 0.717) is 22.9 Å². The molecule has 3 rings (SSSR count). The fourth-order valence-corrected chi connectivity index (χ4v) is 3.67. The van der Waals surface area contributed by atoms with E-state index >= 15 is 0 Å². The van der Waals surface area contributed by atoms with Crippen molar-refractivity contribution in [2.45, 2.75) is 18.0 Å². The standard InChI is InChI=1S/C21H19ClN2O4S/c22-20-6-2-1-4-17(20)14-23-21(25)12-9-16-7-10-19(11-8-16)29(26,27)24-15-18-5-3-13-28-18/h1-13,24H,14-15H2,(H,23,25). The van der Waals surface area contributed by atoms with Crippen LogP contribution in [-0.2, 0) is 27.9 Å². The number of benzene rings is 2. The average Bonchev–Trinajstić information content (AvgIpc) is 3.24. The average molecular weight is 431 g/mol. The lowest BCUT2D eigenvalue weighted by Gasteiger charge is -2.06. The highest BCUT2D eigenvalue weighted by Gasteiger charge is 2.14. The predicted molar refractivity (Wildman–Crippen MR) is 112 cm³/mol. The molecule has 0 aliphatic carbocycles. The fraction of sp³-hybridized carbons (Fsp3) is 0.0952. The zero-order valence-electron chi connectivity index (χ0n) is 15.3. The molecule has 2 aromatic carbocycles. The van der Waals surface area contributed by atoms with Gasteiger partial charge in [0, 0.05) is 17.6 Å². The van der Waals surface area contributed by atoms with Gasteiger partial charge >= 0.3 is 0 Å². The third kappa shape index (κ3) is 6.05. The van der Waals surface area contributed by atoms with Crippen molar-refractivity contribution in [3.05, 3.63) is 94.9 Å². The summed E-state index contributed by atoms with van der Waals surface area (Å²) in [6.45, 7) is 0.393. The quantitative estimate of drug-likeness (QED) is 0.533. The molecule has 1 aromatic heterocycles. The van der Waals surface area contributed by atoms with E-state index < -0.39 is 10.0 Å². The number of carbonyl (C=O) groups is 1. The Bertz CT molecular complexity index is 1090. The lowest BCUT2D eigenvalue weighted by Crippen LogP contribution is -2.22. The maximum atomic E-state index is 12.3. The lowest BCUT2D eigenvalue weighted by atomic mass is 10.2.